The quantitative estimate of drug-likeness (QED) is 0.813. The van der Waals surface area contributed by atoms with Gasteiger partial charge in [-0.25, -0.2) is 9.59 Å². The van der Waals surface area contributed by atoms with E-state index in [0.29, 0.717) is 12.5 Å². The van der Waals surface area contributed by atoms with Crippen molar-refractivity contribution >= 4 is 12.1 Å². The minimum Gasteiger partial charge on any atom is -0.479 e. The number of aliphatic carboxylic acids is 1. The lowest BCUT2D eigenvalue weighted by Crippen LogP contribution is -2.63. The zero-order valence-corrected chi connectivity index (χ0v) is 12.3. The van der Waals surface area contributed by atoms with Crippen LogP contribution >= 0.6 is 0 Å². The van der Waals surface area contributed by atoms with Crippen LogP contribution in [0.3, 0.4) is 0 Å². The highest BCUT2D eigenvalue weighted by Crippen LogP contribution is 2.37. The standard InChI is InChI=1S/C15H16F3NO4/c1-3-9-23-13(22)19(10-11-7-5-4-6-8-11)14(2,12(20)21)15(16,17)18/h3-8H,1,9-10H2,2H3,(H,20,21). The smallest absolute Gasteiger partial charge is 0.422 e. The maximum atomic E-state index is 13.3. The van der Waals surface area contributed by atoms with Crippen molar-refractivity contribution in [3.8, 4) is 0 Å². The summed E-state index contributed by atoms with van der Waals surface area (Å²) in [5.74, 6) is -2.20. The van der Waals surface area contributed by atoms with E-state index in [1.807, 2.05) is 0 Å². The van der Waals surface area contributed by atoms with Crippen molar-refractivity contribution < 1.29 is 32.6 Å². The number of benzene rings is 1. The fourth-order valence-electron chi connectivity index (χ4n) is 1.77. The van der Waals surface area contributed by atoms with Crippen LogP contribution in [-0.4, -0.2) is 40.4 Å². The van der Waals surface area contributed by atoms with Crippen LogP contribution in [-0.2, 0) is 16.1 Å². The molecular formula is C15H16F3NO4. The van der Waals surface area contributed by atoms with Gasteiger partial charge in [-0.1, -0.05) is 43.0 Å². The van der Waals surface area contributed by atoms with E-state index in [4.69, 9.17) is 5.11 Å². The van der Waals surface area contributed by atoms with Crippen molar-refractivity contribution in [3.63, 3.8) is 0 Å². The lowest BCUT2D eigenvalue weighted by molar-refractivity contribution is -0.229. The van der Waals surface area contributed by atoms with Gasteiger partial charge in [-0.05, 0) is 12.5 Å². The van der Waals surface area contributed by atoms with Crippen LogP contribution in [0.15, 0.2) is 43.0 Å². The third-order valence-corrected chi connectivity index (χ3v) is 3.24. The molecule has 1 atom stereocenters. The highest BCUT2D eigenvalue weighted by molar-refractivity contribution is 5.85. The number of halogens is 3. The molecule has 5 nitrogen and oxygen atoms in total. The van der Waals surface area contributed by atoms with Crippen LogP contribution in [0, 0.1) is 0 Å². The van der Waals surface area contributed by atoms with Crippen molar-refractivity contribution in [2.45, 2.75) is 25.2 Å². The Bertz CT molecular complexity index is 574. The van der Waals surface area contributed by atoms with Crippen LogP contribution in [0.5, 0.6) is 0 Å². The summed E-state index contributed by atoms with van der Waals surface area (Å²) in [6.45, 7) is 2.81. The molecule has 0 aliphatic carbocycles. The van der Waals surface area contributed by atoms with Gasteiger partial charge in [0, 0.05) is 0 Å². The molecule has 23 heavy (non-hydrogen) atoms. The molecule has 1 N–H and O–H groups in total. The average Bonchev–Trinajstić information content (AvgIpc) is 2.49. The second-order valence-electron chi connectivity index (χ2n) is 4.81. The summed E-state index contributed by atoms with van der Waals surface area (Å²) in [6, 6.07) is 7.73. The lowest BCUT2D eigenvalue weighted by atomic mass is 9.98. The van der Waals surface area contributed by atoms with Gasteiger partial charge in [-0.2, -0.15) is 13.2 Å². The fraction of sp³-hybridized carbons (Fsp3) is 0.333. The molecule has 1 rings (SSSR count). The van der Waals surface area contributed by atoms with Crippen LogP contribution in [0.4, 0.5) is 18.0 Å². The summed E-state index contributed by atoms with van der Waals surface area (Å²) in [4.78, 5) is 23.4. The van der Waals surface area contributed by atoms with E-state index in [9.17, 15) is 22.8 Å². The Morgan fingerprint density at radius 3 is 2.30 bits per heavy atom. The monoisotopic (exact) mass is 331 g/mol. The molecule has 0 heterocycles. The molecule has 0 fully saturated rings. The Morgan fingerprint density at radius 2 is 1.87 bits per heavy atom. The number of hydrogen-bond acceptors (Lipinski definition) is 3. The third kappa shape index (κ3) is 4.02. The molecule has 0 radical (unpaired) electrons. The zero-order valence-electron chi connectivity index (χ0n) is 12.3. The number of carboxylic acid groups (broad SMARTS) is 1. The van der Waals surface area contributed by atoms with E-state index in [1.165, 1.54) is 18.2 Å². The number of nitrogens with zero attached hydrogens (tertiary/aromatic N) is 1. The summed E-state index contributed by atoms with van der Waals surface area (Å²) in [5, 5.41) is 9.10. The Kier molecular flexibility index (Phi) is 5.78. The highest BCUT2D eigenvalue weighted by atomic mass is 19.4. The minimum absolute atomic E-state index is 0.147. The molecule has 0 saturated heterocycles. The number of carboxylic acids is 1. The largest absolute Gasteiger partial charge is 0.479 e. The average molecular weight is 331 g/mol. The summed E-state index contributed by atoms with van der Waals surface area (Å²) in [5.41, 5.74) is -3.10. The summed E-state index contributed by atoms with van der Waals surface area (Å²) in [7, 11) is 0. The number of alkyl halides is 3. The minimum atomic E-state index is -5.19. The van der Waals surface area contributed by atoms with Gasteiger partial charge in [0.05, 0.1) is 6.54 Å². The van der Waals surface area contributed by atoms with E-state index in [0.717, 1.165) is 0 Å². The van der Waals surface area contributed by atoms with Gasteiger partial charge < -0.3 is 9.84 Å². The van der Waals surface area contributed by atoms with Crippen molar-refractivity contribution in [1.82, 2.24) is 4.90 Å². The molecule has 1 aromatic carbocycles. The van der Waals surface area contributed by atoms with Gasteiger partial charge in [0.2, 0.25) is 5.54 Å². The first-order valence-corrected chi connectivity index (χ1v) is 6.54. The summed E-state index contributed by atoms with van der Waals surface area (Å²) in [6.07, 6.45) is -5.42. The first-order chi connectivity index (χ1) is 10.6. The van der Waals surface area contributed by atoms with Crippen molar-refractivity contribution in [3.05, 3.63) is 48.6 Å². The van der Waals surface area contributed by atoms with Gasteiger partial charge >= 0.3 is 18.2 Å². The molecule has 1 aromatic rings. The van der Waals surface area contributed by atoms with E-state index >= 15 is 0 Å². The molecule has 1 amide bonds. The summed E-state index contributed by atoms with van der Waals surface area (Å²) >= 11 is 0. The van der Waals surface area contributed by atoms with Gasteiger partial charge in [-0.15, -0.1) is 0 Å². The van der Waals surface area contributed by atoms with Gasteiger partial charge in [0.25, 0.3) is 0 Å². The van der Waals surface area contributed by atoms with Crippen LogP contribution in [0.2, 0.25) is 0 Å². The number of ether oxygens (including phenoxy) is 1. The first-order valence-electron chi connectivity index (χ1n) is 6.54. The molecule has 0 bridgehead atoms. The Balaban J connectivity index is 3.28. The van der Waals surface area contributed by atoms with Crippen LogP contribution < -0.4 is 0 Å². The molecular weight excluding hydrogens is 315 g/mol. The van der Waals surface area contributed by atoms with Crippen LogP contribution in [0.25, 0.3) is 0 Å². The molecule has 0 aromatic heterocycles. The summed E-state index contributed by atoms with van der Waals surface area (Å²) < 4.78 is 44.6. The second-order valence-corrected chi connectivity index (χ2v) is 4.81. The zero-order chi connectivity index (χ0) is 17.7. The topological polar surface area (TPSA) is 66.8 Å². The van der Waals surface area contributed by atoms with Gasteiger partial charge in [0.1, 0.15) is 6.61 Å². The molecule has 8 heteroatoms. The van der Waals surface area contributed by atoms with Crippen LogP contribution in [0.1, 0.15) is 12.5 Å². The maximum Gasteiger partial charge on any atom is 0.422 e. The SMILES string of the molecule is C=CCOC(=O)N(Cc1ccccc1)C(C)(C(=O)O)C(F)(F)F. The number of carbonyl (C=O) groups excluding carboxylic acids is 1. The first kappa shape index (κ1) is 18.5. The molecule has 0 aliphatic rings. The molecule has 0 saturated carbocycles. The van der Waals surface area contributed by atoms with Crippen molar-refractivity contribution in [2.75, 3.05) is 6.61 Å². The maximum absolute atomic E-state index is 13.3. The highest BCUT2D eigenvalue weighted by Gasteiger charge is 2.63. The predicted molar refractivity (Wildman–Crippen MR) is 75.6 cm³/mol. The number of rotatable bonds is 6. The second kappa shape index (κ2) is 7.17. The van der Waals surface area contributed by atoms with Crippen molar-refractivity contribution in [2.24, 2.45) is 0 Å². The molecule has 0 aliphatic heterocycles. The predicted octanol–water partition coefficient (Wildman–Crippen LogP) is 3.22. The fourth-order valence-corrected chi connectivity index (χ4v) is 1.77. The molecule has 126 valence electrons. The number of hydrogen-bond donors (Lipinski definition) is 1. The van der Waals surface area contributed by atoms with Crippen molar-refractivity contribution in [1.29, 1.82) is 0 Å². The Morgan fingerprint density at radius 1 is 1.30 bits per heavy atom. The number of carbonyl (C=O) groups is 2. The normalized spacial score (nSPS) is 13.7. The van der Waals surface area contributed by atoms with Gasteiger partial charge in [0.15, 0.2) is 0 Å². The third-order valence-electron chi connectivity index (χ3n) is 3.24. The van der Waals surface area contributed by atoms with E-state index in [1.54, 1.807) is 18.2 Å². The van der Waals surface area contributed by atoms with E-state index in [-0.39, 0.29) is 11.5 Å². The van der Waals surface area contributed by atoms with Gasteiger partial charge in [-0.3, -0.25) is 4.90 Å². The number of amides is 1. The van der Waals surface area contributed by atoms with E-state index in [2.05, 4.69) is 11.3 Å². The Hall–Kier alpha value is -2.51. The van der Waals surface area contributed by atoms with E-state index < -0.39 is 30.3 Å². The molecule has 1 unspecified atom stereocenters. The lowest BCUT2D eigenvalue weighted by Gasteiger charge is -2.38. The Labute approximate surface area is 131 Å². The molecule has 0 spiro atoms.